The lowest BCUT2D eigenvalue weighted by molar-refractivity contribution is 0.0919. The van der Waals surface area contributed by atoms with Crippen LogP contribution in [0.15, 0.2) is 89.0 Å². The summed E-state index contributed by atoms with van der Waals surface area (Å²) in [4.78, 5) is 30.4. The first-order valence-electron chi connectivity index (χ1n) is 14.2. The second-order valence-electron chi connectivity index (χ2n) is 9.98. The molecule has 1 aliphatic rings. The van der Waals surface area contributed by atoms with Crippen molar-refractivity contribution in [3.05, 3.63) is 102 Å². The fourth-order valence-electron chi connectivity index (χ4n) is 4.76. The van der Waals surface area contributed by atoms with Gasteiger partial charge in [0.2, 0.25) is 5.88 Å². The topological polar surface area (TPSA) is 116 Å². The minimum Gasteiger partial charge on any atom is -0.473 e. The Hall–Kier alpha value is -5.29. The lowest BCUT2D eigenvalue weighted by Crippen LogP contribution is -2.33. The maximum Gasteiger partial charge on any atom is 0.253 e. The van der Waals surface area contributed by atoms with Crippen LogP contribution in [0.5, 0.6) is 11.6 Å². The average molecular weight is 596 g/mol. The summed E-state index contributed by atoms with van der Waals surface area (Å²) in [5.74, 6) is 0.889. The molecule has 44 heavy (non-hydrogen) atoms. The van der Waals surface area contributed by atoms with Crippen LogP contribution in [0.4, 0.5) is 21.6 Å². The third kappa shape index (κ3) is 7.75. The van der Waals surface area contributed by atoms with Gasteiger partial charge in [0.25, 0.3) is 5.91 Å². The number of nitrogens with one attached hydrogen (secondary N) is 3. The quantitative estimate of drug-likeness (QED) is 0.126. The van der Waals surface area contributed by atoms with Gasteiger partial charge < -0.3 is 25.1 Å². The Morgan fingerprint density at radius 1 is 1.07 bits per heavy atom. The number of rotatable bonds is 14. The predicted octanol–water partition coefficient (Wildman–Crippen LogP) is 5.76. The van der Waals surface area contributed by atoms with Gasteiger partial charge in [-0.3, -0.25) is 14.7 Å². The van der Waals surface area contributed by atoms with Crippen LogP contribution in [0, 0.1) is 5.82 Å². The number of aromatic nitrogens is 2. The number of carbonyl (C=O) groups is 1. The Labute approximate surface area is 255 Å². The maximum absolute atomic E-state index is 13.9. The first-order chi connectivity index (χ1) is 21.5. The standard InChI is InChI=1S/C33H34FN7O3/c1-35-29-20-24(33(42)39-22-44-30-12-15-38-32(30)36-2)10-11-28(29)37-16-19-41-17-13-23(14-18-41)27-8-5-9-31(40-27)43-21-25-6-3-4-7-26(25)34/h3-13,15,20,37-38H,1-2,14,16-19,21-22H2,(H,39,42). The van der Waals surface area contributed by atoms with E-state index in [9.17, 15) is 9.18 Å². The van der Waals surface area contributed by atoms with Gasteiger partial charge in [0, 0.05) is 55.6 Å². The van der Waals surface area contributed by atoms with E-state index in [1.54, 1.807) is 48.7 Å². The number of H-pyrrole nitrogens is 1. The lowest BCUT2D eigenvalue weighted by Gasteiger charge is -2.26. The molecule has 0 radical (unpaired) electrons. The van der Waals surface area contributed by atoms with Crippen LogP contribution in [0.1, 0.15) is 28.0 Å². The third-order valence-electron chi connectivity index (χ3n) is 7.16. The van der Waals surface area contributed by atoms with Crippen molar-refractivity contribution in [2.45, 2.75) is 13.0 Å². The van der Waals surface area contributed by atoms with E-state index < -0.39 is 0 Å². The number of carbonyl (C=O) groups excluding carboxylic acids is 1. The molecule has 1 amide bonds. The first-order valence-corrected chi connectivity index (χ1v) is 14.2. The Balaban J connectivity index is 1.08. The molecule has 10 nitrogen and oxygen atoms in total. The summed E-state index contributed by atoms with van der Waals surface area (Å²) in [7, 11) is 0. The van der Waals surface area contributed by atoms with E-state index in [0.717, 1.165) is 43.0 Å². The molecule has 3 N–H and O–H groups in total. The van der Waals surface area contributed by atoms with Gasteiger partial charge in [-0.25, -0.2) is 14.4 Å². The summed E-state index contributed by atoms with van der Waals surface area (Å²) in [6.07, 6.45) is 4.72. The molecule has 3 heterocycles. The molecule has 11 heteroatoms. The molecule has 5 rings (SSSR count). The van der Waals surface area contributed by atoms with Crippen molar-refractivity contribution >= 4 is 42.1 Å². The van der Waals surface area contributed by atoms with Gasteiger partial charge in [-0.15, -0.1) is 0 Å². The van der Waals surface area contributed by atoms with Gasteiger partial charge in [0.15, 0.2) is 18.3 Å². The van der Waals surface area contributed by atoms with Crippen molar-refractivity contribution in [3.8, 4) is 11.6 Å². The van der Waals surface area contributed by atoms with Crippen LogP contribution in [-0.4, -0.2) is 67.1 Å². The zero-order valence-electron chi connectivity index (χ0n) is 24.3. The first kappa shape index (κ1) is 30.2. The highest BCUT2D eigenvalue weighted by molar-refractivity contribution is 5.96. The summed E-state index contributed by atoms with van der Waals surface area (Å²) < 4.78 is 25.2. The molecular weight excluding hydrogens is 561 g/mol. The average Bonchev–Trinajstić information content (AvgIpc) is 3.52. The number of hydrogen-bond acceptors (Lipinski definition) is 8. The van der Waals surface area contributed by atoms with Crippen molar-refractivity contribution in [1.82, 2.24) is 20.2 Å². The number of amides is 1. The molecule has 0 spiro atoms. The molecule has 4 aromatic rings. The summed E-state index contributed by atoms with van der Waals surface area (Å²) >= 11 is 0. The zero-order chi connectivity index (χ0) is 30.7. The maximum atomic E-state index is 13.9. The Morgan fingerprint density at radius 2 is 1.95 bits per heavy atom. The second kappa shape index (κ2) is 14.7. The van der Waals surface area contributed by atoms with E-state index in [4.69, 9.17) is 9.47 Å². The SMILES string of the molecule is C=Nc1cc(C(=O)NCOc2cc[nH]c2N=C)ccc1NCCN1CC=C(c2cccc(OCc3ccccc3F)n2)CC1. The Bertz CT molecular complexity index is 1650. The number of anilines is 1. The number of benzene rings is 2. The van der Waals surface area contributed by atoms with E-state index in [0.29, 0.717) is 40.8 Å². The van der Waals surface area contributed by atoms with Gasteiger partial charge in [0.1, 0.15) is 12.4 Å². The van der Waals surface area contributed by atoms with Gasteiger partial charge >= 0.3 is 0 Å². The highest BCUT2D eigenvalue weighted by atomic mass is 19.1. The smallest absolute Gasteiger partial charge is 0.253 e. The minimum absolute atomic E-state index is 0.0210. The van der Waals surface area contributed by atoms with Crippen molar-refractivity contribution < 1.29 is 18.7 Å². The molecule has 2 aromatic carbocycles. The fraction of sp³-hybridized carbons (Fsp3) is 0.212. The van der Waals surface area contributed by atoms with Gasteiger partial charge in [-0.2, -0.15) is 0 Å². The van der Waals surface area contributed by atoms with Crippen LogP contribution in [0.2, 0.25) is 0 Å². The second-order valence-corrected chi connectivity index (χ2v) is 9.98. The number of ether oxygens (including phenoxy) is 2. The molecule has 226 valence electrons. The largest absolute Gasteiger partial charge is 0.473 e. The van der Waals surface area contributed by atoms with Crippen LogP contribution in [-0.2, 0) is 6.61 Å². The number of aliphatic imine (C=N–C) groups is 2. The third-order valence-corrected chi connectivity index (χ3v) is 7.16. The molecule has 0 bridgehead atoms. The number of pyridine rings is 1. The van der Waals surface area contributed by atoms with Crippen LogP contribution in [0.3, 0.4) is 0 Å². The fourth-order valence-corrected chi connectivity index (χ4v) is 4.76. The number of nitrogens with zero attached hydrogens (tertiary/aromatic N) is 4. The van der Waals surface area contributed by atoms with E-state index >= 15 is 0 Å². The van der Waals surface area contributed by atoms with E-state index in [-0.39, 0.29) is 25.1 Å². The van der Waals surface area contributed by atoms with E-state index in [1.807, 2.05) is 18.2 Å². The van der Waals surface area contributed by atoms with E-state index in [2.05, 4.69) is 55.0 Å². The van der Waals surface area contributed by atoms with Crippen LogP contribution < -0.4 is 20.1 Å². The Morgan fingerprint density at radius 3 is 2.75 bits per heavy atom. The molecule has 0 unspecified atom stereocenters. The zero-order valence-corrected chi connectivity index (χ0v) is 24.3. The molecular formula is C33H34FN7O3. The van der Waals surface area contributed by atoms with Crippen molar-refractivity contribution in [2.75, 3.05) is 38.2 Å². The number of aromatic amines is 1. The van der Waals surface area contributed by atoms with Crippen LogP contribution >= 0.6 is 0 Å². The normalized spacial score (nSPS) is 13.1. The van der Waals surface area contributed by atoms with Gasteiger partial charge in [-0.05, 0) is 55.8 Å². The lowest BCUT2D eigenvalue weighted by atomic mass is 10.0. The van der Waals surface area contributed by atoms with Crippen LogP contribution in [0.25, 0.3) is 5.57 Å². The summed E-state index contributed by atoms with van der Waals surface area (Å²) in [5, 5.41) is 6.13. The summed E-state index contributed by atoms with van der Waals surface area (Å²) in [5.41, 5.74) is 4.36. The molecule has 0 saturated carbocycles. The molecule has 0 fully saturated rings. The predicted molar refractivity (Wildman–Crippen MR) is 171 cm³/mol. The highest BCUT2D eigenvalue weighted by Crippen LogP contribution is 2.27. The van der Waals surface area contributed by atoms with Crippen molar-refractivity contribution in [3.63, 3.8) is 0 Å². The number of halogens is 1. The monoisotopic (exact) mass is 595 g/mol. The molecule has 2 aromatic heterocycles. The number of hydrogen-bond donors (Lipinski definition) is 3. The van der Waals surface area contributed by atoms with Crippen molar-refractivity contribution in [1.29, 1.82) is 0 Å². The van der Waals surface area contributed by atoms with Gasteiger partial charge in [0.05, 0.1) is 17.1 Å². The van der Waals surface area contributed by atoms with Gasteiger partial charge in [-0.1, -0.05) is 30.3 Å². The molecule has 0 aliphatic carbocycles. The summed E-state index contributed by atoms with van der Waals surface area (Å²) in [6.45, 7) is 10.4. The van der Waals surface area contributed by atoms with E-state index in [1.165, 1.54) is 6.07 Å². The molecule has 0 atom stereocenters. The highest BCUT2D eigenvalue weighted by Gasteiger charge is 2.15. The minimum atomic E-state index is -0.294. The summed E-state index contributed by atoms with van der Waals surface area (Å²) in [6, 6.07) is 19.2. The molecule has 1 aliphatic heterocycles. The Kier molecular flexibility index (Phi) is 10.1. The van der Waals surface area contributed by atoms with Crippen molar-refractivity contribution in [2.24, 2.45) is 9.98 Å². The molecule has 0 saturated heterocycles.